The van der Waals surface area contributed by atoms with E-state index in [-0.39, 0.29) is 11.7 Å². The summed E-state index contributed by atoms with van der Waals surface area (Å²) < 4.78 is 5.18. The normalized spacial score (nSPS) is 10.3. The fraction of sp³-hybridized carbons (Fsp3) is 0.231. The Labute approximate surface area is 104 Å². The van der Waals surface area contributed by atoms with E-state index in [0.29, 0.717) is 23.6 Å². The molecule has 0 aliphatic carbocycles. The van der Waals surface area contributed by atoms with Crippen molar-refractivity contribution in [3.8, 4) is 0 Å². The third kappa shape index (κ3) is 2.51. The summed E-state index contributed by atoms with van der Waals surface area (Å²) in [6, 6.07) is 5.14. The van der Waals surface area contributed by atoms with Gasteiger partial charge in [0.2, 0.25) is 0 Å². The second kappa shape index (κ2) is 4.91. The van der Waals surface area contributed by atoms with Gasteiger partial charge in [-0.25, -0.2) is 0 Å². The van der Waals surface area contributed by atoms with Crippen molar-refractivity contribution in [1.29, 1.82) is 0 Å². The van der Waals surface area contributed by atoms with Gasteiger partial charge in [0.25, 0.3) is 5.91 Å². The van der Waals surface area contributed by atoms with E-state index in [1.165, 1.54) is 18.0 Å². The van der Waals surface area contributed by atoms with E-state index in [0.717, 1.165) is 0 Å². The Balaban J connectivity index is 2.08. The molecule has 0 fully saturated rings. The maximum Gasteiger partial charge on any atom is 0.270 e. The van der Waals surface area contributed by atoms with E-state index in [4.69, 9.17) is 4.42 Å². The minimum atomic E-state index is -0.182. The number of carbonyl (C=O) groups is 2. The van der Waals surface area contributed by atoms with Crippen LogP contribution < -0.4 is 0 Å². The van der Waals surface area contributed by atoms with Crippen LogP contribution in [0.25, 0.3) is 0 Å². The van der Waals surface area contributed by atoms with Crippen molar-refractivity contribution in [2.75, 3.05) is 7.05 Å². The first-order chi connectivity index (χ1) is 8.58. The molecule has 1 N–H and O–H groups in total. The molecule has 0 spiro atoms. The number of nitrogens with zero attached hydrogens (tertiary/aromatic N) is 1. The zero-order chi connectivity index (χ0) is 13.1. The number of furan rings is 1. The van der Waals surface area contributed by atoms with E-state index in [1.54, 1.807) is 31.5 Å². The highest BCUT2D eigenvalue weighted by Crippen LogP contribution is 2.10. The van der Waals surface area contributed by atoms with Crippen molar-refractivity contribution >= 4 is 11.7 Å². The first-order valence-corrected chi connectivity index (χ1v) is 5.55. The summed E-state index contributed by atoms with van der Waals surface area (Å²) in [6.45, 7) is 1.85. The van der Waals surface area contributed by atoms with Gasteiger partial charge in [-0.05, 0) is 25.1 Å². The highest BCUT2D eigenvalue weighted by atomic mass is 16.3. The Bertz CT molecular complexity index is 555. The van der Waals surface area contributed by atoms with Crippen LogP contribution in [0, 0.1) is 0 Å². The van der Waals surface area contributed by atoms with Crippen molar-refractivity contribution in [2.24, 2.45) is 0 Å². The van der Waals surface area contributed by atoms with Gasteiger partial charge in [-0.3, -0.25) is 9.59 Å². The van der Waals surface area contributed by atoms with Gasteiger partial charge >= 0.3 is 0 Å². The van der Waals surface area contributed by atoms with Crippen molar-refractivity contribution in [2.45, 2.75) is 13.5 Å². The predicted molar refractivity (Wildman–Crippen MR) is 65.3 cm³/mol. The molecular weight excluding hydrogens is 232 g/mol. The van der Waals surface area contributed by atoms with Crippen LogP contribution >= 0.6 is 0 Å². The smallest absolute Gasteiger partial charge is 0.270 e. The molecule has 0 bridgehead atoms. The van der Waals surface area contributed by atoms with Crippen LogP contribution in [0.1, 0.15) is 33.5 Å². The summed E-state index contributed by atoms with van der Waals surface area (Å²) in [7, 11) is 1.68. The van der Waals surface area contributed by atoms with Crippen LogP contribution in [0.15, 0.2) is 35.1 Å². The molecule has 2 rings (SSSR count). The first kappa shape index (κ1) is 12.2. The van der Waals surface area contributed by atoms with Crippen LogP contribution in [0.4, 0.5) is 0 Å². The number of H-pyrrole nitrogens is 1. The van der Waals surface area contributed by atoms with Gasteiger partial charge in [-0.1, -0.05) is 0 Å². The highest BCUT2D eigenvalue weighted by molar-refractivity contribution is 5.98. The van der Waals surface area contributed by atoms with E-state index in [2.05, 4.69) is 4.98 Å². The number of ketones is 1. The number of rotatable bonds is 4. The number of aromatic amines is 1. The zero-order valence-electron chi connectivity index (χ0n) is 10.3. The molecule has 0 aliphatic rings. The summed E-state index contributed by atoms with van der Waals surface area (Å²) in [5.41, 5.74) is 0.902. The van der Waals surface area contributed by atoms with Crippen LogP contribution in [-0.4, -0.2) is 28.6 Å². The van der Waals surface area contributed by atoms with Crippen LogP contribution in [-0.2, 0) is 6.54 Å². The molecule has 0 saturated carbocycles. The molecule has 0 saturated heterocycles. The monoisotopic (exact) mass is 246 g/mol. The van der Waals surface area contributed by atoms with Crippen molar-refractivity contribution in [3.63, 3.8) is 0 Å². The molecule has 0 aliphatic heterocycles. The quantitative estimate of drug-likeness (QED) is 0.840. The fourth-order valence-corrected chi connectivity index (χ4v) is 1.63. The van der Waals surface area contributed by atoms with Crippen molar-refractivity contribution in [1.82, 2.24) is 9.88 Å². The molecular formula is C13H14N2O3. The Kier molecular flexibility index (Phi) is 3.32. The Morgan fingerprint density at radius 3 is 2.78 bits per heavy atom. The van der Waals surface area contributed by atoms with Gasteiger partial charge in [-0.15, -0.1) is 0 Å². The average Bonchev–Trinajstić information content (AvgIpc) is 2.98. The number of hydrogen-bond donors (Lipinski definition) is 1. The lowest BCUT2D eigenvalue weighted by Gasteiger charge is -2.14. The summed E-state index contributed by atoms with van der Waals surface area (Å²) in [6.07, 6.45) is 3.10. The second-order valence-electron chi connectivity index (χ2n) is 4.10. The molecule has 2 heterocycles. The summed E-state index contributed by atoms with van der Waals surface area (Å²) in [5, 5.41) is 0. The number of aromatic nitrogens is 1. The average molecular weight is 246 g/mol. The first-order valence-electron chi connectivity index (χ1n) is 5.55. The van der Waals surface area contributed by atoms with Crippen LogP contribution in [0.3, 0.4) is 0 Å². The van der Waals surface area contributed by atoms with Gasteiger partial charge < -0.3 is 14.3 Å². The Hall–Kier alpha value is -2.30. The molecule has 0 unspecified atom stereocenters. The minimum absolute atomic E-state index is 0.0704. The lowest BCUT2D eigenvalue weighted by atomic mass is 10.2. The maximum absolute atomic E-state index is 12.0. The molecule has 94 valence electrons. The van der Waals surface area contributed by atoms with E-state index < -0.39 is 0 Å². The van der Waals surface area contributed by atoms with Crippen molar-refractivity contribution < 1.29 is 14.0 Å². The summed E-state index contributed by atoms with van der Waals surface area (Å²) in [4.78, 5) is 27.5. The second-order valence-corrected chi connectivity index (χ2v) is 4.10. The topological polar surface area (TPSA) is 66.3 Å². The van der Waals surface area contributed by atoms with E-state index >= 15 is 0 Å². The molecule has 5 heteroatoms. The van der Waals surface area contributed by atoms with Gasteiger partial charge in [0.15, 0.2) is 5.78 Å². The zero-order valence-corrected chi connectivity index (χ0v) is 10.3. The van der Waals surface area contributed by atoms with E-state index in [9.17, 15) is 9.59 Å². The molecule has 0 aromatic carbocycles. The molecule has 1 amide bonds. The van der Waals surface area contributed by atoms with Crippen LogP contribution in [0.5, 0.6) is 0 Å². The number of nitrogens with one attached hydrogen (secondary N) is 1. The van der Waals surface area contributed by atoms with Crippen LogP contribution in [0.2, 0.25) is 0 Å². The molecule has 2 aromatic heterocycles. The Morgan fingerprint density at radius 2 is 2.22 bits per heavy atom. The lowest BCUT2D eigenvalue weighted by Crippen LogP contribution is -2.26. The summed E-state index contributed by atoms with van der Waals surface area (Å²) in [5.74, 6) is 0.460. The third-order valence-corrected chi connectivity index (χ3v) is 2.64. The number of amides is 1. The molecule has 2 aromatic rings. The SMILES string of the molecule is CC(=O)c1c[nH]c(C(=O)N(C)Cc2ccco2)c1. The predicted octanol–water partition coefficient (Wildman–Crippen LogP) is 2.08. The number of Topliss-reactive ketones (excluding diaryl/α,β-unsaturated/α-hetero) is 1. The third-order valence-electron chi connectivity index (χ3n) is 2.64. The van der Waals surface area contributed by atoms with Gasteiger partial charge in [0, 0.05) is 18.8 Å². The lowest BCUT2D eigenvalue weighted by molar-refractivity contribution is 0.0770. The molecule has 5 nitrogen and oxygen atoms in total. The largest absolute Gasteiger partial charge is 0.467 e. The van der Waals surface area contributed by atoms with Gasteiger partial charge in [0.05, 0.1) is 12.8 Å². The molecule has 0 radical (unpaired) electrons. The van der Waals surface area contributed by atoms with Crippen molar-refractivity contribution in [3.05, 3.63) is 47.7 Å². The summed E-state index contributed by atoms with van der Waals surface area (Å²) >= 11 is 0. The highest BCUT2D eigenvalue weighted by Gasteiger charge is 2.15. The Morgan fingerprint density at radius 1 is 1.44 bits per heavy atom. The van der Waals surface area contributed by atoms with E-state index in [1.807, 2.05) is 0 Å². The maximum atomic E-state index is 12.0. The number of carbonyl (C=O) groups excluding carboxylic acids is 2. The fourth-order valence-electron chi connectivity index (χ4n) is 1.63. The standard InChI is InChI=1S/C13H14N2O3/c1-9(16)10-6-12(14-7-10)13(17)15(2)8-11-4-3-5-18-11/h3-7,14H,8H2,1-2H3. The molecule has 0 atom stereocenters. The van der Waals surface area contributed by atoms with Gasteiger partial charge in [-0.2, -0.15) is 0 Å². The number of hydrogen-bond acceptors (Lipinski definition) is 3. The minimum Gasteiger partial charge on any atom is -0.467 e. The van der Waals surface area contributed by atoms with Gasteiger partial charge in [0.1, 0.15) is 11.5 Å². The molecule has 18 heavy (non-hydrogen) atoms.